The molecule has 0 spiro atoms. The summed E-state index contributed by atoms with van der Waals surface area (Å²) in [7, 11) is 3.53. The maximum Gasteiger partial charge on any atom is 0.244 e. The zero-order valence-electron chi connectivity index (χ0n) is 9.19. The number of nitrogens with zero attached hydrogens (tertiary/aromatic N) is 3. The van der Waals surface area contributed by atoms with Crippen LogP contribution in [0.25, 0.3) is 0 Å². The van der Waals surface area contributed by atoms with Crippen LogP contribution in [0.5, 0.6) is 0 Å². The normalized spacial score (nSPS) is 12.6. The molecule has 0 aliphatic rings. The summed E-state index contributed by atoms with van der Waals surface area (Å²) in [6, 6.07) is -0.164. The lowest BCUT2D eigenvalue weighted by Gasteiger charge is -2.19. The summed E-state index contributed by atoms with van der Waals surface area (Å²) in [6.45, 7) is 3.93. The lowest BCUT2D eigenvalue weighted by Crippen LogP contribution is -2.30. The molecular weight excluding hydrogens is 178 g/mol. The van der Waals surface area contributed by atoms with Gasteiger partial charge in [-0.3, -0.25) is 4.79 Å². The minimum absolute atomic E-state index is 0.0951. The fourth-order valence-corrected chi connectivity index (χ4v) is 1.46. The maximum atomic E-state index is 11.7. The highest BCUT2D eigenvalue weighted by molar-refractivity contribution is 5.79. The Kier molecular flexibility index (Phi) is 3.28. The van der Waals surface area contributed by atoms with Gasteiger partial charge in [-0.2, -0.15) is 0 Å². The predicted molar refractivity (Wildman–Crippen MR) is 55.0 cm³/mol. The van der Waals surface area contributed by atoms with Crippen molar-refractivity contribution in [1.29, 1.82) is 0 Å². The van der Waals surface area contributed by atoms with Crippen LogP contribution in [0.3, 0.4) is 0 Å². The van der Waals surface area contributed by atoms with E-state index in [1.807, 2.05) is 24.6 Å². The standard InChI is InChI=1S/C10H17N3O/c1-5-9-11-6-7-13(9)8(2)10(14)12(3)4/h6-8H,5H2,1-4H3. The number of amides is 1. The van der Waals surface area contributed by atoms with E-state index >= 15 is 0 Å². The largest absolute Gasteiger partial charge is 0.347 e. The molecular formula is C10H17N3O. The van der Waals surface area contributed by atoms with E-state index in [1.54, 1.807) is 25.2 Å². The molecule has 1 amide bonds. The third-order valence-electron chi connectivity index (χ3n) is 2.28. The molecule has 1 unspecified atom stereocenters. The van der Waals surface area contributed by atoms with Crippen LogP contribution in [0.1, 0.15) is 25.7 Å². The fraction of sp³-hybridized carbons (Fsp3) is 0.600. The van der Waals surface area contributed by atoms with Gasteiger partial charge in [0.05, 0.1) is 0 Å². The molecule has 1 aromatic heterocycles. The van der Waals surface area contributed by atoms with Crippen LogP contribution in [0.2, 0.25) is 0 Å². The molecule has 14 heavy (non-hydrogen) atoms. The maximum absolute atomic E-state index is 11.7. The van der Waals surface area contributed by atoms with Gasteiger partial charge in [-0.15, -0.1) is 0 Å². The Hall–Kier alpha value is -1.32. The molecule has 0 bridgehead atoms. The van der Waals surface area contributed by atoms with Gasteiger partial charge >= 0.3 is 0 Å². The zero-order valence-corrected chi connectivity index (χ0v) is 9.19. The van der Waals surface area contributed by atoms with E-state index in [0.717, 1.165) is 12.2 Å². The van der Waals surface area contributed by atoms with Gasteiger partial charge in [0, 0.05) is 32.9 Å². The van der Waals surface area contributed by atoms with E-state index in [0.29, 0.717) is 0 Å². The molecule has 0 fully saturated rings. The molecule has 78 valence electrons. The molecule has 0 aromatic carbocycles. The quantitative estimate of drug-likeness (QED) is 0.724. The molecule has 0 saturated carbocycles. The summed E-state index contributed by atoms with van der Waals surface area (Å²) in [5.74, 6) is 1.05. The first kappa shape index (κ1) is 10.8. The first-order valence-electron chi connectivity index (χ1n) is 4.80. The van der Waals surface area contributed by atoms with Crippen LogP contribution in [-0.4, -0.2) is 34.5 Å². The zero-order chi connectivity index (χ0) is 10.7. The van der Waals surface area contributed by atoms with Crippen LogP contribution < -0.4 is 0 Å². The number of hydrogen-bond acceptors (Lipinski definition) is 2. The lowest BCUT2D eigenvalue weighted by atomic mass is 10.3. The number of carbonyl (C=O) groups excluding carboxylic acids is 1. The Morgan fingerprint density at radius 1 is 1.64 bits per heavy atom. The number of aromatic nitrogens is 2. The highest BCUT2D eigenvalue weighted by Crippen LogP contribution is 2.11. The van der Waals surface area contributed by atoms with Gasteiger partial charge in [-0.1, -0.05) is 6.92 Å². The van der Waals surface area contributed by atoms with Gasteiger partial charge < -0.3 is 9.47 Å². The Balaban J connectivity index is 2.88. The third kappa shape index (κ3) is 1.95. The highest BCUT2D eigenvalue weighted by Gasteiger charge is 2.18. The van der Waals surface area contributed by atoms with Crippen molar-refractivity contribution in [2.45, 2.75) is 26.3 Å². The Bertz CT molecular complexity index is 317. The molecule has 4 nitrogen and oxygen atoms in total. The molecule has 1 aromatic rings. The van der Waals surface area contributed by atoms with E-state index in [1.165, 1.54) is 0 Å². The van der Waals surface area contributed by atoms with Crippen molar-refractivity contribution in [3.05, 3.63) is 18.2 Å². The SMILES string of the molecule is CCc1nccn1C(C)C(=O)N(C)C. The first-order valence-corrected chi connectivity index (χ1v) is 4.80. The number of carbonyl (C=O) groups is 1. The van der Waals surface area contributed by atoms with Crippen molar-refractivity contribution in [2.24, 2.45) is 0 Å². The average Bonchev–Trinajstić information content (AvgIpc) is 2.62. The van der Waals surface area contributed by atoms with Crippen molar-refractivity contribution in [3.8, 4) is 0 Å². The van der Waals surface area contributed by atoms with Crippen LogP contribution in [-0.2, 0) is 11.2 Å². The topological polar surface area (TPSA) is 38.1 Å². The van der Waals surface area contributed by atoms with Crippen molar-refractivity contribution in [1.82, 2.24) is 14.5 Å². The van der Waals surface area contributed by atoms with Crippen molar-refractivity contribution in [2.75, 3.05) is 14.1 Å². The van der Waals surface area contributed by atoms with Gasteiger partial charge in [-0.25, -0.2) is 4.98 Å². The minimum atomic E-state index is -0.164. The van der Waals surface area contributed by atoms with Crippen LogP contribution in [0, 0.1) is 0 Å². The van der Waals surface area contributed by atoms with Gasteiger partial charge in [0.1, 0.15) is 11.9 Å². The second kappa shape index (κ2) is 4.26. The predicted octanol–water partition coefficient (Wildman–Crippen LogP) is 1.09. The number of likely N-dealkylation sites (N-methyl/N-ethyl adjacent to an activating group) is 1. The van der Waals surface area contributed by atoms with Gasteiger partial charge in [0.15, 0.2) is 0 Å². The molecule has 0 aliphatic heterocycles. The van der Waals surface area contributed by atoms with E-state index < -0.39 is 0 Å². The van der Waals surface area contributed by atoms with Crippen molar-refractivity contribution >= 4 is 5.91 Å². The Morgan fingerprint density at radius 2 is 2.29 bits per heavy atom. The van der Waals surface area contributed by atoms with Crippen LogP contribution in [0.15, 0.2) is 12.4 Å². The first-order chi connectivity index (χ1) is 6.57. The summed E-state index contributed by atoms with van der Waals surface area (Å²) < 4.78 is 1.92. The van der Waals surface area contributed by atoms with Crippen molar-refractivity contribution < 1.29 is 4.79 Å². The lowest BCUT2D eigenvalue weighted by molar-refractivity contribution is -0.131. The van der Waals surface area contributed by atoms with E-state index in [4.69, 9.17) is 0 Å². The Labute approximate surface area is 84.5 Å². The summed E-state index contributed by atoms with van der Waals surface area (Å²) in [6.07, 6.45) is 4.43. The number of hydrogen-bond donors (Lipinski definition) is 0. The molecule has 1 heterocycles. The van der Waals surface area contributed by atoms with E-state index in [-0.39, 0.29) is 11.9 Å². The van der Waals surface area contributed by atoms with E-state index in [2.05, 4.69) is 4.98 Å². The van der Waals surface area contributed by atoms with Crippen LogP contribution >= 0.6 is 0 Å². The Morgan fingerprint density at radius 3 is 2.79 bits per heavy atom. The third-order valence-corrected chi connectivity index (χ3v) is 2.28. The molecule has 1 atom stereocenters. The molecule has 0 aliphatic carbocycles. The summed E-state index contributed by atoms with van der Waals surface area (Å²) >= 11 is 0. The van der Waals surface area contributed by atoms with Gasteiger partial charge in [-0.05, 0) is 6.92 Å². The average molecular weight is 195 g/mol. The fourth-order valence-electron chi connectivity index (χ4n) is 1.46. The number of rotatable bonds is 3. The van der Waals surface area contributed by atoms with Gasteiger partial charge in [0.2, 0.25) is 5.91 Å². The minimum Gasteiger partial charge on any atom is -0.347 e. The van der Waals surface area contributed by atoms with Gasteiger partial charge in [0.25, 0.3) is 0 Å². The number of imidazole rings is 1. The molecule has 0 N–H and O–H groups in total. The number of aryl methyl sites for hydroxylation is 1. The monoisotopic (exact) mass is 195 g/mol. The second-order valence-electron chi connectivity index (χ2n) is 3.51. The summed E-state index contributed by atoms with van der Waals surface area (Å²) in [4.78, 5) is 17.5. The van der Waals surface area contributed by atoms with Crippen molar-refractivity contribution in [3.63, 3.8) is 0 Å². The summed E-state index contributed by atoms with van der Waals surface area (Å²) in [5, 5.41) is 0. The molecule has 0 radical (unpaired) electrons. The van der Waals surface area contributed by atoms with Crippen LogP contribution in [0.4, 0.5) is 0 Å². The molecule has 4 heteroatoms. The smallest absolute Gasteiger partial charge is 0.244 e. The second-order valence-corrected chi connectivity index (χ2v) is 3.51. The molecule has 1 rings (SSSR count). The van der Waals surface area contributed by atoms with E-state index in [9.17, 15) is 4.79 Å². The summed E-state index contributed by atoms with van der Waals surface area (Å²) in [5.41, 5.74) is 0. The molecule has 0 saturated heterocycles. The highest BCUT2D eigenvalue weighted by atomic mass is 16.2.